The fourth-order valence-corrected chi connectivity index (χ4v) is 2.27. The summed E-state index contributed by atoms with van der Waals surface area (Å²) in [4.78, 5) is 11.2. The van der Waals surface area contributed by atoms with Gasteiger partial charge in [-0.1, -0.05) is 0 Å². The van der Waals surface area contributed by atoms with Crippen LogP contribution in [0, 0.1) is 0 Å². The molecule has 2 rings (SSSR count). The summed E-state index contributed by atoms with van der Waals surface area (Å²) in [6.45, 7) is 3.52. The summed E-state index contributed by atoms with van der Waals surface area (Å²) in [7, 11) is 3.49. The van der Waals surface area contributed by atoms with E-state index in [9.17, 15) is 0 Å². The minimum Gasteiger partial charge on any atom is -0.378 e. The lowest BCUT2D eigenvalue weighted by Crippen LogP contribution is -2.37. The van der Waals surface area contributed by atoms with E-state index in [1.165, 1.54) is 0 Å². The summed E-state index contributed by atoms with van der Waals surface area (Å²) in [5, 5.41) is 3.06. The standard InChI is InChI=1S/C11H17BrN4O2/c1-13-10-9(12)8(7-17-2)14-11(15-10)16-3-5-18-6-4-16/h3-7H2,1-2H3,(H,13,14,15). The number of anilines is 2. The van der Waals surface area contributed by atoms with Crippen molar-refractivity contribution in [1.29, 1.82) is 0 Å². The number of hydrogen-bond donors (Lipinski definition) is 1. The molecule has 0 atom stereocenters. The van der Waals surface area contributed by atoms with Gasteiger partial charge in [0.1, 0.15) is 5.82 Å². The first-order valence-electron chi connectivity index (χ1n) is 5.82. The maximum absolute atomic E-state index is 5.33. The topological polar surface area (TPSA) is 59.5 Å². The van der Waals surface area contributed by atoms with Gasteiger partial charge >= 0.3 is 0 Å². The molecule has 6 nitrogen and oxygen atoms in total. The van der Waals surface area contributed by atoms with Crippen LogP contribution in [0.25, 0.3) is 0 Å². The van der Waals surface area contributed by atoms with E-state index in [-0.39, 0.29) is 0 Å². The summed E-state index contributed by atoms with van der Waals surface area (Å²) in [6.07, 6.45) is 0. The predicted octanol–water partition coefficient (Wildman–Crippen LogP) is 1.26. The highest BCUT2D eigenvalue weighted by Gasteiger charge is 2.18. The molecule has 18 heavy (non-hydrogen) atoms. The number of rotatable bonds is 4. The summed E-state index contributed by atoms with van der Waals surface area (Å²) in [5.41, 5.74) is 0.846. The van der Waals surface area contributed by atoms with Crippen molar-refractivity contribution >= 4 is 27.7 Å². The van der Waals surface area contributed by atoms with Crippen molar-refractivity contribution in [3.63, 3.8) is 0 Å². The van der Waals surface area contributed by atoms with Gasteiger partial charge in [-0.15, -0.1) is 0 Å². The van der Waals surface area contributed by atoms with Crippen LogP contribution in [-0.2, 0) is 16.1 Å². The second kappa shape index (κ2) is 6.31. The Morgan fingerprint density at radius 1 is 1.39 bits per heavy atom. The number of aromatic nitrogens is 2. The average Bonchev–Trinajstić information content (AvgIpc) is 2.42. The Morgan fingerprint density at radius 2 is 2.11 bits per heavy atom. The molecule has 1 fully saturated rings. The van der Waals surface area contributed by atoms with Crippen LogP contribution < -0.4 is 10.2 Å². The molecule has 1 saturated heterocycles. The number of nitrogens with one attached hydrogen (secondary N) is 1. The first-order chi connectivity index (χ1) is 8.76. The van der Waals surface area contributed by atoms with Crippen LogP contribution in [0.4, 0.5) is 11.8 Å². The van der Waals surface area contributed by atoms with Gasteiger partial charge in [0.2, 0.25) is 5.95 Å². The van der Waals surface area contributed by atoms with Crippen molar-refractivity contribution < 1.29 is 9.47 Å². The second-order valence-corrected chi connectivity index (χ2v) is 4.71. The molecule has 0 bridgehead atoms. The Hall–Kier alpha value is -0.920. The third-order valence-corrected chi connectivity index (χ3v) is 3.55. The molecule has 7 heteroatoms. The Labute approximate surface area is 115 Å². The summed E-state index contributed by atoms with van der Waals surface area (Å²) in [5.74, 6) is 1.50. The fraction of sp³-hybridized carbons (Fsp3) is 0.636. The normalized spacial score (nSPS) is 15.8. The molecule has 1 N–H and O–H groups in total. The van der Waals surface area contributed by atoms with Gasteiger partial charge in [-0.25, -0.2) is 4.98 Å². The Kier molecular flexibility index (Phi) is 4.73. The van der Waals surface area contributed by atoms with Gasteiger partial charge in [0.15, 0.2) is 0 Å². The van der Waals surface area contributed by atoms with E-state index in [4.69, 9.17) is 9.47 Å². The molecule has 0 unspecified atom stereocenters. The number of morpholine rings is 1. The van der Waals surface area contributed by atoms with Crippen molar-refractivity contribution in [2.75, 3.05) is 50.7 Å². The zero-order valence-corrected chi connectivity index (χ0v) is 12.2. The van der Waals surface area contributed by atoms with E-state index in [2.05, 4.69) is 36.1 Å². The predicted molar refractivity (Wildman–Crippen MR) is 73.0 cm³/mol. The lowest BCUT2D eigenvalue weighted by Gasteiger charge is -2.27. The third kappa shape index (κ3) is 2.90. The van der Waals surface area contributed by atoms with Crippen molar-refractivity contribution in [3.8, 4) is 0 Å². The molecule has 1 aliphatic rings. The maximum atomic E-state index is 5.33. The highest BCUT2D eigenvalue weighted by Crippen LogP contribution is 2.26. The monoisotopic (exact) mass is 316 g/mol. The third-order valence-electron chi connectivity index (χ3n) is 2.72. The van der Waals surface area contributed by atoms with Gasteiger partial charge in [-0.3, -0.25) is 0 Å². The van der Waals surface area contributed by atoms with Crippen LogP contribution in [0.5, 0.6) is 0 Å². The minimum absolute atomic E-state index is 0.453. The van der Waals surface area contributed by atoms with Gasteiger partial charge in [0, 0.05) is 27.2 Å². The number of ether oxygens (including phenoxy) is 2. The van der Waals surface area contributed by atoms with E-state index in [1.807, 2.05) is 7.05 Å². The van der Waals surface area contributed by atoms with E-state index in [0.29, 0.717) is 19.8 Å². The van der Waals surface area contributed by atoms with Crippen LogP contribution in [0.1, 0.15) is 5.69 Å². The van der Waals surface area contributed by atoms with Crippen LogP contribution in [-0.4, -0.2) is 50.4 Å². The summed E-state index contributed by atoms with van der Waals surface area (Å²) in [6, 6.07) is 0. The van der Waals surface area contributed by atoms with E-state index < -0.39 is 0 Å². The lowest BCUT2D eigenvalue weighted by atomic mass is 10.4. The van der Waals surface area contributed by atoms with Crippen LogP contribution >= 0.6 is 15.9 Å². The summed E-state index contributed by atoms with van der Waals surface area (Å²) < 4.78 is 11.3. The zero-order valence-electron chi connectivity index (χ0n) is 10.6. The Balaban J connectivity index is 2.31. The molecule has 0 aliphatic carbocycles. The molecule has 1 aromatic rings. The molecular weight excluding hydrogens is 300 g/mol. The molecule has 2 heterocycles. The van der Waals surface area contributed by atoms with Gasteiger partial charge in [0.05, 0.1) is 30.0 Å². The minimum atomic E-state index is 0.453. The molecule has 0 amide bonds. The number of methoxy groups -OCH3 is 1. The van der Waals surface area contributed by atoms with Crippen LogP contribution in [0.15, 0.2) is 4.47 Å². The number of nitrogens with zero attached hydrogens (tertiary/aromatic N) is 3. The van der Waals surface area contributed by atoms with Gasteiger partial charge in [-0.05, 0) is 15.9 Å². The van der Waals surface area contributed by atoms with Crippen molar-refractivity contribution in [3.05, 3.63) is 10.2 Å². The molecule has 0 aromatic carbocycles. The van der Waals surface area contributed by atoms with E-state index >= 15 is 0 Å². The molecule has 0 saturated carbocycles. The van der Waals surface area contributed by atoms with Crippen LogP contribution in [0.3, 0.4) is 0 Å². The van der Waals surface area contributed by atoms with Crippen molar-refractivity contribution in [1.82, 2.24) is 9.97 Å². The van der Waals surface area contributed by atoms with Gasteiger partial charge in [0.25, 0.3) is 0 Å². The average molecular weight is 317 g/mol. The molecule has 0 radical (unpaired) electrons. The Morgan fingerprint density at radius 3 is 2.72 bits per heavy atom. The van der Waals surface area contributed by atoms with E-state index in [0.717, 1.165) is 35.0 Å². The molecule has 0 spiro atoms. The SMILES string of the molecule is CNc1nc(N2CCOCC2)nc(COC)c1Br. The molecule has 1 aliphatic heterocycles. The fourth-order valence-electron chi connectivity index (χ4n) is 1.78. The first-order valence-corrected chi connectivity index (χ1v) is 6.61. The van der Waals surface area contributed by atoms with E-state index in [1.54, 1.807) is 7.11 Å². The number of halogens is 1. The first kappa shape index (κ1) is 13.5. The largest absolute Gasteiger partial charge is 0.378 e. The molecular formula is C11H17BrN4O2. The second-order valence-electron chi connectivity index (χ2n) is 3.92. The molecule has 100 valence electrons. The molecule has 1 aromatic heterocycles. The maximum Gasteiger partial charge on any atom is 0.227 e. The highest BCUT2D eigenvalue weighted by molar-refractivity contribution is 9.10. The smallest absolute Gasteiger partial charge is 0.227 e. The van der Waals surface area contributed by atoms with Crippen LogP contribution in [0.2, 0.25) is 0 Å². The Bertz CT molecular complexity index is 410. The zero-order chi connectivity index (χ0) is 13.0. The van der Waals surface area contributed by atoms with Crippen molar-refractivity contribution in [2.45, 2.75) is 6.61 Å². The highest BCUT2D eigenvalue weighted by atomic mass is 79.9. The van der Waals surface area contributed by atoms with Crippen molar-refractivity contribution in [2.24, 2.45) is 0 Å². The van der Waals surface area contributed by atoms with Gasteiger partial charge in [-0.2, -0.15) is 4.98 Å². The van der Waals surface area contributed by atoms with Gasteiger partial charge < -0.3 is 19.7 Å². The summed E-state index contributed by atoms with van der Waals surface area (Å²) >= 11 is 3.49. The number of hydrogen-bond acceptors (Lipinski definition) is 6. The lowest BCUT2D eigenvalue weighted by molar-refractivity contribution is 0.122. The quantitative estimate of drug-likeness (QED) is 0.902.